The van der Waals surface area contributed by atoms with Crippen molar-refractivity contribution in [2.75, 3.05) is 0 Å². The first kappa shape index (κ1) is 27.1. The van der Waals surface area contributed by atoms with Crippen molar-refractivity contribution < 1.29 is 40.2 Å². The maximum absolute atomic E-state index is 13.8. The van der Waals surface area contributed by atoms with Gasteiger partial charge in [0.25, 0.3) is 5.95 Å². The highest BCUT2D eigenvalue weighted by Gasteiger charge is 2.34. The Kier molecular flexibility index (Phi) is 7.43. The first-order chi connectivity index (χ1) is 19.1. The van der Waals surface area contributed by atoms with E-state index >= 15 is 0 Å². The van der Waals surface area contributed by atoms with E-state index in [-0.39, 0.29) is 28.6 Å². The van der Waals surface area contributed by atoms with Gasteiger partial charge in [-0.15, -0.1) is 11.3 Å². The van der Waals surface area contributed by atoms with E-state index in [2.05, 4.69) is 24.5 Å². The van der Waals surface area contributed by atoms with Crippen LogP contribution in [0.15, 0.2) is 78.2 Å². The van der Waals surface area contributed by atoms with Gasteiger partial charge in [-0.3, -0.25) is 0 Å². The largest absolute Gasteiger partial charge is 0.435 e. The summed E-state index contributed by atoms with van der Waals surface area (Å²) in [7, 11) is 0. The average Bonchev–Trinajstić information content (AvgIpc) is 3.59. The van der Waals surface area contributed by atoms with Crippen molar-refractivity contribution in [3.8, 4) is 50.5 Å². The van der Waals surface area contributed by atoms with E-state index in [0.717, 1.165) is 10.7 Å². The molecule has 0 spiro atoms. The Hall–Kier alpha value is -4.46. The number of ether oxygens (including phenoxy) is 2. The molecule has 0 saturated carbocycles. The Balaban J connectivity index is 1.66. The summed E-state index contributed by atoms with van der Waals surface area (Å²) >= 11 is 1.19. The van der Waals surface area contributed by atoms with Crippen LogP contribution < -0.4 is 9.47 Å². The summed E-state index contributed by atoms with van der Waals surface area (Å²) in [5.41, 5.74) is 0.0807. The Labute approximate surface area is 225 Å². The third kappa shape index (κ3) is 6.06. The maximum atomic E-state index is 13.8. The van der Waals surface area contributed by atoms with Gasteiger partial charge in [0.2, 0.25) is 0 Å². The zero-order valence-electron chi connectivity index (χ0n) is 19.8. The Morgan fingerprint density at radius 2 is 1.32 bits per heavy atom. The Morgan fingerprint density at radius 3 is 1.85 bits per heavy atom. The molecular formula is C26H15F7N4O2S. The molecule has 0 bridgehead atoms. The van der Waals surface area contributed by atoms with E-state index in [1.54, 1.807) is 17.5 Å². The first-order valence-corrected chi connectivity index (χ1v) is 12.2. The van der Waals surface area contributed by atoms with Crippen molar-refractivity contribution in [1.29, 1.82) is 0 Å². The summed E-state index contributed by atoms with van der Waals surface area (Å²) in [5, 5.41) is 6.11. The number of thiophene rings is 1. The lowest BCUT2D eigenvalue weighted by molar-refractivity contribution is -0.141. The molecule has 3 heterocycles. The highest BCUT2D eigenvalue weighted by molar-refractivity contribution is 7.13. The van der Waals surface area contributed by atoms with Gasteiger partial charge >= 0.3 is 19.4 Å². The lowest BCUT2D eigenvalue weighted by Gasteiger charge is -2.12. The van der Waals surface area contributed by atoms with Gasteiger partial charge in [0.15, 0.2) is 5.69 Å². The fraction of sp³-hybridized carbons (Fsp3) is 0.115. The van der Waals surface area contributed by atoms with Crippen LogP contribution in [-0.4, -0.2) is 33.0 Å². The number of hydrogen-bond acceptors (Lipinski definition) is 6. The van der Waals surface area contributed by atoms with Gasteiger partial charge in [0.05, 0.1) is 22.0 Å². The molecule has 0 radical (unpaired) electrons. The Bertz CT molecular complexity index is 1590. The van der Waals surface area contributed by atoms with E-state index < -0.39 is 31.0 Å². The monoisotopic (exact) mass is 580 g/mol. The molecule has 2 aromatic carbocycles. The van der Waals surface area contributed by atoms with Crippen LogP contribution in [0.2, 0.25) is 0 Å². The second-order valence-corrected chi connectivity index (χ2v) is 8.99. The number of rotatable bonds is 8. The minimum absolute atomic E-state index is 0.0181. The van der Waals surface area contributed by atoms with E-state index in [1.807, 2.05) is 0 Å². The van der Waals surface area contributed by atoms with Gasteiger partial charge in [-0.1, -0.05) is 6.07 Å². The number of aromatic nitrogens is 4. The minimum Gasteiger partial charge on any atom is -0.435 e. The molecule has 0 saturated heterocycles. The fourth-order valence-corrected chi connectivity index (χ4v) is 4.41. The summed E-state index contributed by atoms with van der Waals surface area (Å²) in [5.74, 6) is -0.630. The van der Waals surface area contributed by atoms with Crippen LogP contribution in [0.5, 0.6) is 11.5 Å². The summed E-state index contributed by atoms with van der Waals surface area (Å²) in [6.45, 7) is -6.07. The number of nitrogens with zero attached hydrogens (tertiary/aromatic N) is 4. The maximum Gasteiger partial charge on any atom is 0.433 e. The van der Waals surface area contributed by atoms with Gasteiger partial charge in [-0.2, -0.15) is 40.5 Å². The van der Waals surface area contributed by atoms with Gasteiger partial charge in [-0.05, 0) is 72.1 Å². The predicted molar refractivity (Wildman–Crippen MR) is 132 cm³/mol. The van der Waals surface area contributed by atoms with Crippen LogP contribution >= 0.6 is 11.3 Å². The zero-order valence-corrected chi connectivity index (χ0v) is 20.6. The normalized spacial score (nSPS) is 11.8. The van der Waals surface area contributed by atoms with E-state index in [4.69, 9.17) is 0 Å². The summed E-state index contributed by atoms with van der Waals surface area (Å²) < 4.78 is 102. The smallest absolute Gasteiger partial charge is 0.433 e. The molecule has 14 heteroatoms. The predicted octanol–water partition coefficient (Wildman–Crippen LogP) is 7.95. The molecule has 6 nitrogen and oxygen atoms in total. The third-order valence-electron chi connectivity index (χ3n) is 5.43. The molecule has 5 rings (SSSR count). The number of halogens is 7. The van der Waals surface area contributed by atoms with Gasteiger partial charge in [-0.25, -0.2) is 9.97 Å². The van der Waals surface area contributed by atoms with Gasteiger partial charge in [0, 0.05) is 11.1 Å². The molecule has 206 valence electrons. The average molecular weight is 580 g/mol. The van der Waals surface area contributed by atoms with E-state index in [1.165, 1.54) is 65.9 Å². The molecule has 3 aromatic heterocycles. The lowest BCUT2D eigenvalue weighted by Crippen LogP contribution is -2.14. The summed E-state index contributed by atoms with van der Waals surface area (Å²) in [6, 6.07) is 16.4. The van der Waals surface area contributed by atoms with Crippen molar-refractivity contribution in [3.05, 3.63) is 83.9 Å². The van der Waals surface area contributed by atoms with Crippen LogP contribution in [0.3, 0.4) is 0 Å². The van der Waals surface area contributed by atoms with Crippen molar-refractivity contribution in [2.24, 2.45) is 0 Å². The fourth-order valence-electron chi connectivity index (χ4n) is 3.72. The molecule has 0 unspecified atom stereocenters. The van der Waals surface area contributed by atoms with Crippen molar-refractivity contribution in [1.82, 2.24) is 19.7 Å². The van der Waals surface area contributed by atoms with E-state index in [9.17, 15) is 30.7 Å². The third-order valence-corrected chi connectivity index (χ3v) is 6.32. The molecule has 0 atom stereocenters. The van der Waals surface area contributed by atoms with Crippen LogP contribution in [0, 0.1) is 0 Å². The second-order valence-electron chi connectivity index (χ2n) is 8.05. The van der Waals surface area contributed by atoms with E-state index in [0.29, 0.717) is 16.0 Å². The highest BCUT2D eigenvalue weighted by atomic mass is 32.1. The van der Waals surface area contributed by atoms with Gasteiger partial charge < -0.3 is 9.47 Å². The van der Waals surface area contributed by atoms with Crippen LogP contribution in [0.25, 0.3) is 39.0 Å². The molecule has 0 N–H and O–H groups in total. The molecule has 0 amide bonds. The van der Waals surface area contributed by atoms with Crippen molar-refractivity contribution >= 4 is 11.3 Å². The lowest BCUT2D eigenvalue weighted by atomic mass is 10.1. The zero-order chi connectivity index (χ0) is 28.4. The summed E-state index contributed by atoms with van der Waals surface area (Å²) in [4.78, 5) is 8.52. The highest BCUT2D eigenvalue weighted by Crippen LogP contribution is 2.35. The molecule has 40 heavy (non-hydrogen) atoms. The van der Waals surface area contributed by atoms with Crippen molar-refractivity contribution in [2.45, 2.75) is 19.4 Å². The number of alkyl halides is 7. The molecule has 0 aliphatic heterocycles. The molecule has 0 fully saturated rings. The quantitative estimate of drug-likeness (QED) is 0.174. The summed E-state index contributed by atoms with van der Waals surface area (Å²) in [6.07, 6.45) is -4.80. The molecule has 5 aromatic rings. The number of hydrogen-bond donors (Lipinski definition) is 0. The van der Waals surface area contributed by atoms with Crippen molar-refractivity contribution in [3.63, 3.8) is 0 Å². The molecular weight excluding hydrogens is 565 g/mol. The molecule has 0 aliphatic rings. The first-order valence-electron chi connectivity index (χ1n) is 11.3. The van der Waals surface area contributed by atoms with Gasteiger partial charge in [0.1, 0.15) is 11.5 Å². The topological polar surface area (TPSA) is 62.1 Å². The number of benzene rings is 2. The minimum atomic E-state index is -4.80. The second kappa shape index (κ2) is 11.0. The van der Waals surface area contributed by atoms with Crippen LogP contribution in [-0.2, 0) is 6.18 Å². The Morgan fingerprint density at radius 1 is 0.725 bits per heavy atom. The van der Waals surface area contributed by atoms with Crippen LogP contribution in [0.4, 0.5) is 30.7 Å². The molecule has 0 aliphatic carbocycles. The SMILES string of the molecule is FC(F)Oc1ccc(-c2cc(-c3ccc(OC(F)F)cc3)n(-c3nc(-c4cccs4)cc(C(F)(F)F)n3)n2)cc1. The van der Waals surface area contributed by atoms with Crippen LogP contribution in [0.1, 0.15) is 5.69 Å². The standard InChI is InChI=1S/C26H15F7N4O2S/c27-23(28)38-16-7-3-14(4-8-16)18-12-20(15-5-9-17(10-6-15)39-24(29)30)37(36-18)25-34-19(21-2-1-11-40-21)13-22(35-25)26(31,32)33/h1-13,23-24H.